The van der Waals surface area contributed by atoms with Crippen LogP contribution in [0.4, 0.5) is 0 Å². The topological polar surface area (TPSA) is 104 Å². The zero-order valence-electron chi connectivity index (χ0n) is 20.5. The molecule has 2 aromatic rings. The Balaban J connectivity index is 1.79. The van der Waals surface area contributed by atoms with E-state index in [0.29, 0.717) is 23.3 Å². The number of carboxylic acids is 1. The van der Waals surface area contributed by atoms with Crippen LogP contribution < -0.4 is 5.32 Å². The van der Waals surface area contributed by atoms with E-state index in [4.69, 9.17) is 0 Å². The molecule has 2 fully saturated rings. The van der Waals surface area contributed by atoms with Gasteiger partial charge in [0, 0.05) is 28.6 Å². The number of carbonyl (C=O) groups is 4. The van der Waals surface area contributed by atoms with Crippen molar-refractivity contribution >= 4 is 35.0 Å². The van der Waals surface area contributed by atoms with Crippen LogP contribution in [0.15, 0.2) is 24.3 Å². The summed E-state index contributed by atoms with van der Waals surface area (Å²) in [4.78, 5) is 52.4. The van der Waals surface area contributed by atoms with Crippen LogP contribution >= 0.6 is 0 Å². The van der Waals surface area contributed by atoms with Crippen LogP contribution in [-0.4, -0.2) is 46.3 Å². The normalized spacial score (nSPS) is 20.9. The maximum absolute atomic E-state index is 13.6. The van der Waals surface area contributed by atoms with E-state index in [2.05, 4.69) is 12.2 Å². The maximum atomic E-state index is 13.6. The van der Waals surface area contributed by atoms with Crippen molar-refractivity contribution in [1.29, 1.82) is 0 Å². The fraction of sp³-hybridized carbons (Fsp3) is 0.500. The highest BCUT2D eigenvalue weighted by atomic mass is 16.4. The Hall–Kier alpha value is -3.22. The van der Waals surface area contributed by atoms with Crippen molar-refractivity contribution in [1.82, 2.24) is 10.2 Å². The predicted octanol–water partition coefficient (Wildman–Crippen LogP) is 5.09. The molecular weight excluding hydrogens is 444 g/mol. The van der Waals surface area contributed by atoms with Crippen LogP contribution in [0.25, 0.3) is 10.8 Å². The number of fused-ring (bicyclic) bond motifs is 1. The number of hydrogen-bond donors (Lipinski definition) is 2. The van der Waals surface area contributed by atoms with Crippen molar-refractivity contribution < 1.29 is 24.3 Å². The smallest absolute Gasteiger partial charge is 0.336 e. The molecule has 0 radical (unpaired) electrons. The number of rotatable bonds is 6. The third-order valence-corrected chi connectivity index (χ3v) is 7.74. The molecule has 3 amide bonds. The van der Waals surface area contributed by atoms with Gasteiger partial charge in [-0.1, -0.05) is 32.3 Å². The monoisotopic (exact) mass is 478 g/mol. The number of aryl methyl sites for hydroxylation is 1. The van der Waals surface area contributed by atoms with E-state index in [0.717, 1.165) is 57.8 Å². The van der Waals surface area contributed by atoms with Gasteiger partial charge in [-0.15, -0.1) is 0 Å². The quantitative estimate of drug-likeness (QED) is 0.563. The summed E-state index contributed by atoms with van der Waals surface area (Å²) in [5.74, 6) is -1.38. The minimum Gasteiger partial charge on any atom is -0.478 e. The van der Waals surface area contributed by atoms with Gasteiger partial charge in [0.25, 0.3) is 11.8 Å². The molecule has 0 heterocycles. The molecule has 2 aromatic carbocycles. The minimum absolute atomic E-state index is 0.0295. The highest BCUT2D eigenvalue weighted by Gasteiger charge is 2.31. The van der Waals surface area contributed by atoms with Gasteiger partial charge in [-0.3, -0.25) is 19.3 Å². The van der Waals surface area contributed by atoms with Crippen molar-refractivity contribution in [2.24, 2.45) is 5.92 Å². The second-order valence-corrected chi connectivity index (χ2v) is 10.2. The molecule has 186 valence electrons. The van der Waals surface area contributed by atoms with Gasteiger partial charge in [-0.05, 0) is 80.5 Å². The Bertz CT molecular complexity index is 1140. The summed E-state index contributed by atoms with van der Waals surface area (Å²) in [7, 11) is 0. The minimum atomic E-state index is -1.17. The first kappa shape index (κ1) is 24.9. The van der Waals surface area contributed by atoms with Gasteiger partial charge < -0.3 is 10.4 Å². The number of carbonyl (C=O) groups excluding carboxylic acids is 3. The van der Waals surface area contributed by atoms with Crippen molar-refractivity contribution in [3.63, 3.8) is 0 Å². The highest BCUT2D eigenvalue weighted by molar-refractivity contribution is 6.20. The van der Waals surface area contributed by atoms with Crippen LogP contribution in [0.3, 0.4) is 0 Å². The van der Waals surface area contributed by atoms with Gasteiger partial charge >= 0.3 is 5.97 Å². The molecule has 7 heteroatoms. The molecule has 0 atom stereocenters. The third kappa shape index (κ3) is 5.09. The number of hydrogen-bond acceptors (Lipinski definition) is 4. The van der Waals surface area contributed by atoms with Crippen LogP contribution in [0.2, 0.25) is 0 Å². The lowest BCUT2D eigenvalue weighted by Gasteiger charge is -2.32. The molecule has 2 N–H and O–H groups in total. The molecular formula is C28H34N2O5. The number of amides is 3. The lowest BCUT2D eigenvalue weighted by Crippen LogP contribution is -2.41. The largest absolute Gasteiger partial charge is 0.478 e. The molecule has 0 aliphatic heterocycles. The molecule has 0 bridgehead atoms. The Morgan fingerprint density at radius 2 is 1.51 bits per heavy atom. The molecule has 2 aliphatic rings. The summed E-state index contributed by atoms with van der Waals surface area (Å²) >= 11 is 0. The van der Waals surface area contributed by atoms with E-state index in [1.165, 1.54) is 17.0 Å². The van der Waals surface area contributed by atoms with Crippen molar-refractivity contribution in [3.8, 4) is 0 Å². The second kappa shape index (κ2) is 10.6. The van der Waals surface area contributed by atoms with Gasteiger partial charge in [0.05, 0.1) is 5.56 Å². The number of nitrogens with zero attached hydrogens (tertiary/aromatic N) is 1. The number of carboxylic acid groups (broad SMARTS) is 1. The van der Waals surface area contributed by atoms with Crippen molar-refractivity contribution in [2.45, 2.75) is 83.7 Å². The number of imide groups is 1. The fourth-order valence-corrected chi connectivity index (χ4v) is 5.68. The summed E-state index contributed by atoms with van der Waals surface area (Å²) in [6.07, 6.45) is 9.07. The van der Waals surface area contributed by atoms with Gasteiger partial charge in [0.15, 0.2) is 0 Å². The first-order valence-corrected chi connectivity index (χ1v) is 12.7. The molecule has 2 aliphatic carbocycles. The molecule has 7 nitrogen and oxygen atoms in total. The van der Waals surface area contributed by atoms with Gasteiger partial charge in [0.1, 0.15) is 0 Å². The first-order chi connectivity index (χ1) is 16.8. The summed E-state index contributed by atoms with van der Waals surface area (Å²) in [5, 5.41) is 13.7. The van der Waals surface area contributed by atoms with E-state index in [-0.39, 0.29) is 40.1 Å². The summed E-state index contributed by atoms with van der Waals surface area (Å²) in [6, 6.07) is 6.12. The summed E-state index contributed by atoms with van der Waals surface area (Å²) in [5.41, 5.74) is 1.15. The average Bonchev–Trinajstić information content (AvgIpc) is 2.85. The number of aromatic carboxylic acids is 1. The SMILES string of the molecule is Cc1ccc(C(=O)O)c2c(C(=O)NC3CCCCC3)ccc(C(=O)N(C=O)C3CCC(C)CC3)c12. The molecule has 4 rings (SSSR count). The Kier molecular flexibility index (Phi) is 7.53. The molecule has 2 saturated carbocycles. The number of nitrogens with one attached hydrogen (secondary N) is 1. The molecule has 0 unspecified atom stereocenters. The van der Waals surface area contributed by atoms with E-state index >= 15 is 0 Å². The summed E-state index contributed by atoms with van der Waals surface area (Å²) in [6.45, 7) is 3.96. The molecule has 0 spiro atoms. The summed E-state index contributed by atoms with van der Waals surface area (Å²) < 4.78 is 0. The van der Waals surface area contributed by atoms with Gasteiger partial charge in [0.2, 0.25) is 6.41 Å². The third-order valence-electron chi connectivity index (χ3n) is 7.74. The van der Waals surface area contributed by atoms with Crippen LogP contribution in [0.1, 0.15) is 101 Å². The molecule has 35 heavy (non-hydrogen) atoms. The van der Waals surface area contributed by atoms with Crippen LogP contribution in [-0.2, 0) is 4.79 Å². The van der Waals surface area contributed by atoms with Crippen LogP contribution in [0, 0.1) is 12.8 Å². The zero-order chi connectivity index (χ0) is 25.1. The highest BCUT2D eigenvalue weighted by Crippen LogP contribution is 2.33. The lowest BCUT2D eigenvalue weighted by molar-refractivity contribution is -0.118. The Labute approximate surface area is 205 Å². The zero-order valence-corrected chi connectivity index (χ0v) is 20.5. The predicted molar refractivity (Wildman–Crippen MR) is 134 cm³/mol. The van der Waals surface area contributed by atoms with Crippen molar-refractivity contribution in [2.75, 3.05) is 0 Å². The van der Waals surface area contributed by atoms with E-state index < -0.39 is 11.9 Å². The Morgan fingerprint density at radius 1 is 0.886 bits per heavy atom. The first-order valence-electron chi connectivity index (χ1n) is 12.7. The molecule has 0 saturated heterocycles. The number of benzene rings is 2. The molecule has 0 aromatic heterocycles. The second-order valence-electron chi connectivity index (χ2n) is 10.2. The maximum Gasteiger partial charge on any atom is 0.336 e. The fourth-order valence-electron chi connectivity index (χ4n) is 5.68. The Morgan fingerprint density at radius 3 is 2.14 bits per heavy atom. The van der Waals surface area contributed by atoms with Gasteiger partial charge in [-0.25, -0.2) is 4.79 Å². The van der Waals surface area contributed by atoms with Crippen LogP contribution in [0.5, 0.6) is 0 Å². The average molecular weight is 479 g/mol. The van der Waals surface area contributed by atoms with Crippen molar-refractivity contribution in [3.05, 3.63) is 46.5 Å². The van der Waals surface area contributed by atoms with E-state index in [1.54, 1.807) is 19.1 Å². The van der Waals surface area contributed by atoms with E-state index in [9.17, 15) is 24.3 Å². The van der Waals surface area contributed by atoms with E-state index in [1.807, 2.05) is 0 Å². The van der Waals surface area contributed by atoms with Gasteiger partial charge in [-0.2, -0.15) is 0 Å². The lowest BCUT2D eigenvalue weighted by atomic mass is 9.86. The standard InChI is InChI=1S/C28H34N2O5/c1-17-8-11-20(12-9-17)30(16-31)27(33)22-15-14-21(26(32)29-19-6-4-3-5-7-19)25-23(28(34)35)13-10-18(2)24(22)25/h10,13-17,19-20H,3-9,11-12H2,1-2H3,(H,29,32)(H,34,35).